The molecule has 0 bridgehead atoms. The molecule has 0 spiro atoms. The second kappa shape index (κ2) is 4.73. The number of amides is 1. The Kier molecular flexibility index (Phi) is 3.13. The average molecular weight is 235 g/mol. The number of benzene rings is 1. The van der Waals surface area contributed by atoms with Crippen molar-refractivity contribution in [2.45, 2.75) is 13.3 Å². The van der Waals surface area contributed by atoms with Gasteiger partial charge in [-0.25, -0.2) is 4.39 Å². The zero-order valence-corrected chi connectivity index (χ0v) is 9.11. The van der Waals surface area contributed by atoms with Crippen LogP contribution < -0.4 is 5.32 Å². The third kappa shape index (κ3) is 3.10. The lowest BCUT2D eigenvalue weighted by molar-refractivity contribution is -0.115. The van der Waals surface area contributed by atoms with E-state index in [-0.39, 0.29) is 24.0 Å². The van der Waals surface area contributed by atoms with Crippen molar-refractivity contribution in [2.24, 2.45) is 0 Å². The molecule has 6 heteroatoms. The van der Waals surface area contributed by atoms with E-state index in [1.54, 1.807) is 6.92 Å². The standard InChI is InChI=1S/C11H10FN3O2/c1-7-13-11(17-15-7)6-10(16)14-9-4-2-8(12)3-5-9/h2-5H,6H2,1H3,(H,14,16). The summed E-state index contributed by atoms with van der Waals surface area (Å²) in [6.45, 7) is 1.67. The van der Waals surface area contributed by atoms with Gasteiger partial charge in [-0.3, -0.25) is 4.79 Å². The van der Waals surface area contributed by atoms with Crippen LogP contribution in [0.3, 0.4) is 0 Å². The summed E-state index contributed by atoms with van der Waals surface area (Å²) in [4.78, 5) is 15.5. The topological polar surface area (TPSA) is 68.0 Å². The first-order chi connectivity index (χ1) is 8.13. The largest absolute Gasteiger partial charge is 0.339 e. The zero-order chi connectivity index (χ0) is 12.3. The molecule has 2 rings (SSSR count). The monoisotopic (exact) mass is 235 g/mol. The number of aryl methyl sites for hydroxylation is 1. The molecule has 1 amide bonds. The predicted molar refractivity (Wildman–Crippen MR) is 57.8 cm³/mol. The van der Waals surface area contributed by atoms with Gasteiger partial charge in [0.15, 0.2) is 5.82 Å². The number of nitrogens with zero attached hydrogens (tertiary/aromatic N) is 2. The molecule has 1 aromatic carbocycles. The molecule has 0 aliphatic carbocycles. The number of rotatable bonds is 3. The van der Waals surface area contributed by atoms with Crippen molar-refractivity contribution >= 4 is 11.6 Å². The van der Waals surface area contributed by atoms with Crippen LogP contribution in [0, 0.1) is 12.7 Å². The molecule has 88 valence electrons. The molecule has 5 nitrogen and oxygen atoms in total. The SMILES string of the molecule is Cc1noc(CC(=O)Nc2ccc(F)cc2)n1. The number of carbonyl (C=O) groups excluding carboxylic acids is 1. The molecule has 0 atom stereocenters. The van der Waals surface area contributed by atoms with Crippen molar-refractivity contribution < 1.29 is 13.7 Å². The first-order valence-corrected chi connectivity index (χ1v) is 4.98. The fourth-order valence-corrected chi connectivity index (χ4v) is 1.29. The van der Waals surface area contributed by atoms with Gasteiger partial charge in [-0.05, 0) is 31.2 Å². The molecule has 0 radical (unpaired) electrons. The highest BCUT2D eigenvalue weighted by Gasteiger charge is 2.09. The fraction of sp³-hybridized carbons (Fsp3) is 0.182. The van der Waals surface area contributed by atoms with Gasteiger partial charge in [-0.15, -0.1) is 0 Å². The van der Waals surface area contributed by atoms with E-state index in [4.69, 9.17) is 4.52 Å². The Bertz CT molecular complexity index is 522. The molecule has 1 heterocycles. The first kappa shape index (κ1) is 11.3. The maximum absolute atomic E-state index is 12.6. The van der Waals surface area contributed by atoms with Crippen LogP contribution in [0.25, 0.3) is 0 Å². The summed E-state index contributed by atoms with van der Waals surface area (Å²) in [6, 6.07) is 5.50. The molecule has 1 aromatic heterocycles. The first-order valence-electron chi connectivity index (χ1n) is 4.98. The maximum Gasteiger partial charge on any atom is 0.236 e. The van der Waals surface area contributed by atoms with Gasteiger partial charge in [-0.2, -0.15) is 4.98 Å². The normalized spacial score (nSPS) is 10.2. The van der Waals surface area contributed by atoms with Gasteiger partial charge in [0.2, 0.25) is 11.8 Å². The van der Waals surface area contributed by atoms with Crippen molar-refractivity contribution in [3.63, 3.8) is 0 Å². The second-order valence-corrected chi connectivity index (χ2v) is 3.47. The molecule has 0 aliphatic rings. The highest BCUT2D eigenvalue weighted by atomic mass is 19.1. The molecule has 0 fully saturated rings. The minimum atomic E-state index is -0.351. The molecule has 2 aromatic rings. The molecular formula is C11H10FN3O2. The van der Waals surface area contributed by atoms with Crippen molar-refractivity contribution in [3.05, 3.63) is 41.8 Å². The van der Waals surface area contributed by atoms with E-state index < -0.39 is 0 Å². The summed E-state index contributed by atoms with van der Waals surface area (Å²) < 4.78 is 17.4. The van der Waals surface area contributed by atoms with Crippen LogP contribution in [0.15, 0.2) is 28.8 Å². The quantitative estimate of drug-likeness (QED) is 0.879. The van der Waals surface area contributed by atoms with Crippen LogP contribution in [-0.2, 0) is 11.2 Å². The van der Waals surface area contributed by atoms with Crippen molar-refractivity contribution in [1.82, 2.24) is 10.1 Å². The summed E-state index contributed by atoms with van der Waals surface area (Å²) >= 11 is 0. The van der Waals surface area contributed by atoms with E-state index in [1.807, 2.05) is 0 Å². The van der Waals surface area contributed by atoms with Gasteiger partial charge < -0.3 is 9.84 Å². The summed E-state index contributed by atoms with van der Waals surface area (Å²) in [5, 5.41) is 6.17. The molecule has 0 unspecified atom stereocenters. The highest BCUT2D eigenvalue weighted by molar-refractivity contribution is 5.91. The number of carbonyl (C=O) groups is 1. The van der Waals surface area contributed by atoms with Crippen LogP contribution in [0.2, 0.25) is 0 Å². The van der Waals surface area contributed by atoms with Crippen LogP contribution in [0.4, 0.5) is 10.1 Å². The Morgan fingerprint density at radius 2 is 2.12 bits per heavy atom. The minimum absolute atomic E-state index is 0.00177. The van der Waals surface area contributed by atoms with E-state index in [0.29, 0.717) is 11.5 Å². The third-order valence-corrected chi connectivity index (χ3v) is 2.01. The summed E-state index contributed by atoms with van der Waals surface area (Å²) in [5.74, 6) is 0.0903. The second-order valence-electron chi connectivity index (χ2n) is 3.47. The van der Waals surface area contributed by atoms with E-state index in [2.05, 4.69) is 15.5 Å². The molecule has 0 saturated carbocycles. The van der Waals surface area contributed by atoms with E-state index in [1.165, 1.54) is 24.3 Å². The Morgan fingerprint density at radius 1 is 1.41 bits per heavy atom. The Balaban J connectivity index is 1.95. The fourth-order valence-electron chi connectivity index (χ4n) is 1.29. The highest BCUT2D eigenvalue weighted by Crippen LogP contribution is 2.08. The number of hydrogen-bond acceptors (Lipinski definition) is 4. The van der Waals surface area contributed by atoms with Crippen LogP contribution >= 0.6 is 0 Å². The van der Waals surface area contributed by atoms with Gasteiger partial charge in [0.25, 0.3) is 0 Å². The smallest absolute Gasteiger partial charge is 0.236 e. The maximum atomic E-state index is 12.6. The van der Waals surface area contributed by atoms with Crippen LogP contribution in [0.1, 0.15) is 11.7 Å². The number of anilines is 1. The number of halogens is 1. The van der Waals surface area contributed by atoms with Crippen molar-refractivity contribution in [3.8, 4) is 0 Å². The molecule has 1 N–H and O–H groups in total. The number of nitrogens with one attached hydrogen (secondary N) is 1. The lowest BCUT2D eigenvalue weighted by Gasteiger charge is -2.02. The summed E-state index contributed by atoms with van der Waals surface area (Å²) in [6.07, 6.45) is -0.00177. The summed E-state index contributed by atoms with van der Waals surface area (Å²) in [5.41, 5.74) is 0.521. The lowest BCUT2D eigenvalue weighted by atomic mass is 10.3. The lowest BCUT2D eigenvalue weighted by Crippen LogP contribution is -2.14. The van der Waals surface area contributed by atoms with Crippen molar-refractivity contribution in [1.29, 1.82) is 0 Å². The Hall–Kier alpha value is -2.24. The van der Waals surface area contributed by atoms with Crippen LogP contribution in [0.5, 0.6) is 0 Å². The Morgan fingerprint density at radius 3 is 2.71 bits per heavy atom. The molecule has 17 heavy (non-hydrogen) atoms. The van der Waals surface area contributed by atoms with Crippen LogP contribution in [-0.4, -0.2) is 16.0 Å². The predicted octanol–water partition coefficient (Wildman–Crippen LogP) is 1.70. The van der Waals surface area contributed by atoms with Gasteiger partial charge >= 0.3 is 0 Å². The van der Waals surface area contributed by atoms with Gasteiger partial charge in [-0.1, -0.05) is 5.16 Å². The minimum Gasteiger partial charge on any atom is -0.339 e. The molecule has 0 aliphatic heterocycles. The van der Waals surface area contributed by atoms with Gasteiger partial charge in [0, 0.05) is 5.69 Å². The Labute approximate surface area is 96.6 Å². The molecule has 0 saturated heterocycles. The zero-order valence-electron chi connectivity index (χ0n) is 9.11. The van der Waals surface area contributed by atoms with E-state index in [9.17, 15) is 9.18 Å². The molecular weight excluding hydrogens is 225 g/mol. The summed E-state index contributed by atoms with van der Waals surface area (Å²) in [7, 11) is 0. The average Bonchev–Trinajstić information content (AvgIpc) is 2.67. The van der Waals surface area contributed by atoms with Crippen molar-refractivity contribution in [2.75, 3.05) is 5.32 Å². The van der Waals surface area contributed by atoms with E-state index >= 15 is 0 Å². The van der Waals surface area contributed by atoms with Gasteiger partial charge in [0.1, 0.15) is 12.2 Å². The third-order valence-electron chi connectivity index (χ3n) is 2.01. The number of aromatic nitrogens is 2. The number of hydrogen-bond donors (Lipinski definition) is 1. The van der Waals surface area contributed by atoms with Gasteiger partial charge in [0.05, 0.1) is 0 Å². The van der Waals surface area contributed by atoms with E-state index in [0.717, 1.165) is 0 Å².